The van der Waals surface area contributed by atoms with Crippen LogP contribution in [0.3, 0.4) is 0 Å². The fraction of sp³-hybridized carbons (Fsp3) is 0.500. The number of carboxylic acids is 1. The van der Waals surface area contributed by atoms with Gasteiger partial charge in [0.15, 0.2) is 6.04 Å². The SMILES string of the molecule is CC(C)(C)OC(=O)N1[C@H](C(=O)O)CCCN1C(=O)OCc1ccccc1. The van der Waals surface area contributed by atoms with Crippen molar-refractivity contribution in [3.05, 3.63) is 35.9 Å². The first-order valence-electron chi connectivity index (χ1n) is 8.42. The zero-order valence-corrected chi connectivity index (χ0v) is 15.2. The van der Waals surface area contributed by atoms with Crippen LogP contribution in [-0.2, 0) is 20.9 Å². The maximum absolute atomic E-state index is 12.5. The molecule has 0 bridgehead atoms. The van der Waals surface area contributed by atoms with E-state index in [-0.39, 0.29) is 19.6 Å². The number of hydrogen-bond acceptors (Lipinski definition) is 5. The van der Waals surface area contributed by atoms with Gasteiger partial charge in [-0.15, -0.1) is 0 Å². The highest BCUT2D eigenvalue weighted by Gasteiger charge is 2.42. The zero-order chi connectivity index (χ0) is 19.3. The average Bonchev–Trinajstić information content (AvgIpc) is 2.58. The maximum atomic E-state index is 12.5. The molecule has 2 rings (SSSR count). The summed E-state index contributed by atoms with van der Waals surface area (Å²) in [7, 11) is 0. The van der Waals surface area contributed by atoms with Crippen molar-refractivity contribution in [1.29, 1.82) is 0 Å². The maximum Gasteiger partial charge on any atom is 0.430 e. The molecule has 1 aliphatic rings. The summed E-state index contributed by atoms with van der Waals surface area (Å²) in [5.41, 5.74) is -0.0338. The number of carbonyl (C=O) groups excluding carboxylic acids is 2. The van der Waals surface area contributed by atoms with Crippen molar-refractivity contribution in [2.45, 2.75) is 51.9 Å². The van der Waals surface area contributed by atoms with Gasteiger partial charge in [-0.25, -0.2) is 19.4 Å². The van der Waals surface area contributed by atoms with Crippen LogP contribution in [0.15, 0.2) is 30.3 Å². The summed E-state index contributed by atoms with van der Waals surface area (Å²) in [5, 5.41) is 11.3. The molecule has 0 saturated carbocycles. The molecule has 1 atom stereocenters. The number of ether oxygens (including phenoxy) is 2. The average molecular weight is 364 g/mol. The molecule has 1 aromatic rings. The summed E-state index contributed by atoms with van der Waals surface area (Å²) in [6, 6.07) is 7.90. The van der Waals surface area contributed by atoms with E-state index in [1.54, 1.807) is 32.9 Å². The van der Waals surface area contributed by atoms with E-state index < -0.39 is 29.8 Å². The Balaban J connectivity index is 2.15. The minimum atomic E-state index is -1.20. The highest BCUT2D eigenvalue weighted by Crippen LogP contribution is 2.23. The first kappa shape index (κ1) is 19.6. The number of amides is 2. The summed E-state index contributed by atoms with van der Waals surface area (Å²) in [6.45, 7) is 5.21. The van der Waals surface area contributed by atoms with Gasteiger partial charge in [0, 0.05) is 6.54 Å². The molecular weight excluding hydrogens is 340 g/mol. The van der Waals surface area contributed by atoms with Crippen LogP contribution in [0.4, 0.5) is 9.59 Å². The van der Waals surface area contributed by atoms with Crippen LogP contribution in [0, 0.1) is 0 Å². The van der Waals surface area contributed by atoms with Gasteiger partial charge in [0.05, 0.1) is 0 Å². The van der Waals surface area contributed by atoms with E-state index in [0.29, 0.717) is 6.42 Å². The van der Waals surface area contributed by atoms with Crippen LogP contribution in [0.2, 0.25) is 0 Å². The second-order valence-electron chi connectivity index (χ2n) is 6.98. The highest BCUT2D eigenvalue weighted by molar-refractivity contribution is 5.82. The van der Waals surface area contributed by atoms with Gasteiger partial charge < -0.3 is 14.6 Å². The summed E-state index contributed by atoms with van der Waals surface area (Å²) >= 11 is 0. The molecule has 142 valence electrons. The van der Waals surface area contributed by atoms with Gasteiger partial charge in [0.1, 0.15) is 12.2 Å². The third-order valence-electron chi connectivity index (χ3n) is 3.68. The summed E-state index contributed by atoms with van der Waals surface area (Å²) < 4.78 is 10.5. The Morgan fingerprint density at radius 1 is 1.15 bits per heavy atom. The molecule has 1 heterocycles. The zero-order valence-electron chi connectivity index (χ0n) is 15.2. The number of benzene rings is 1. The Hall–Kier alpha value is -2.77. The van der Waals surface area contributed by atoms with Crippen LogP contribution >= 0.6 is 0 Å². The van der Waals surface area contributed by atoms with Gasteiger partial charge in [-0.05, 0) is 39.2 Å². The number of hydrazine groups is 1. The molecule has 1 aromatic carbocycles. The molecule has 8 nitrogen and oxygen atoms in total. The molecule has 1 fully saturated rings. The molecule has 0 aliphatic carbocycles. The van der Waals surface area contributed by atoms with Gasteiger partial charge >= 0.3 is 18.2 Å². The van der Waals surface area contributed by atoms with Crippen molar-refractivity contribution in [2.24, 2.45) is 0 Å². The Labute approximate surface area is 152 Å². The van der Waals surface area contributed by atoms with E-state index in [4.69, 9.17) is 9.47 Å². The highest BCUT2D eigenvalue weighted by atomic mass is 16.6. The molecule has 1 N–H and O–H groups in total. The minimum Gasteiger partial charge on any atom is -0.480 e. The quantitative estimate of drug-likeness (QED) is 0.885. The second-order valence-corrected chi connectivity index (χ2v) is 6.98. The lowest BCUT2D eigenvalue weighted by Gasteiger charge is -2.41. The molecule has 26 heavy (non-hydrogen) atoms. The van der Waals surface area contributed by atoms with Gasteiger partial charge in [0.25, 0.3) is 0 Å². The second kappa shape index (κ2) is 8.07. The number of rotatable bonds is 3. The molecule has 1 aliphatic heterocycles. The number of aliphatic carboxylic acids is 1. The van der Waals surface area contributed by atoms with Crippen LogP contribution in [0.5, 0.6) is 0 Å². The van der Waals surface area contributed by atoms with Crippen molar-refractivity contribution < 1.29 is 29.0 Å². The summed E-state index contributed by atoms with van der Waals surface area (Å²) in [4.78, 5) is 36.5. The Morgan fingerprint density at radius 3 is 2.38 bits per heavy atom. The molecule has 0 spiro atoms. The lowest BCUT2D eigenvalue weighted by Crippen LogP contribution is -2.61. The van der Waals surface area contributed by atoms with Gasteiger partial charge in [0.2, 0.25) is 0 Å². The van der Waals surface area contributed by atoms with E-state index in [1.165, 1.54) is 0 Å². The first-order chi connectivity index (χ1) is 12.2. The van der Waals surface area contributed by atoms with E-state index in [0.717, 1.165) is 15.6 Å². The molecule has 8 heteroatoms. The normalized spacial score (nSPS) is 17.6. The Morgan fingerprint density at radius 2 is 1.81 bits per heavy atom. The lowest BCUT2D eigenvalue weighted by molar-refractivity contribution is -0.154. The third-order valence-corrected chi connectivity index (χ3v) is 3.68. The molecular formula is C18H24N2O6. The van der Waals surface area contributed by atoms with E-state index in [1.807, 2.05) is 18.2 Å². The summed E-state index contributed by atoms with van der Waals surface area (Å²) in [6.07, 6.45) is -1.000. The van der Waals surface area contributed by atoms with Crippen molar-refractivity contribution in [3.63, 3.8) is 0 Å². The first-order valence-corrected chi connectivity index (χ1v) is 8.42. The monoisotopic (exact) mass is 364 g/mol. The fourth-order valence-electron chi connectivity index (χ4n) is 2.57. The summed E-state index contributed by atoms with van der Waals surface area (Å²) in [5.74, 6) is -1.20. The fourth-order valence-corrected chi connectivity index (χ4v) is 2.57. The number of carbonyl (C=O) groups is 3. The molecule has 0 unspecified atom stereocenters. The van der Waals surface area contributed by atoms with Gasteiger partial charge in [-0.2, -0.15) is 5.01 Å². The van der Waals surface area contributed by atoms with Crippen molar-refractivity contribution in [3.8, 4) is 0 Å². The van der Waals surface area contributed by atoms with E-state index in [9.17, 15) is 19.5 Å². The smallest absolute Gasteiger partial charge is 0.430 e. The predicted molar refractivity (Wildman–Crippen MR) is 92.1 cm³/mol. The topological polar surface area (TPSA) is 96.4 Å². The van der Waals surface area contributed by atoms with Gasteiger partial charge in [-0.3, -0.25) is 0 Å². The van der Waals surface area contributed by atoms with Crippen LogP contribution in [0.1, 0.15) is 39.2 Å². The van der Waals surface area contributed by atoms with Crippen LogP contribution in [0.25, 0.3) is 0 Å². The number of hydrogen-bond donors (Lipinski definition) is 1. The number of carboxylic acid groups (broad SMARTS) is 1. The largest absolute Gasteiger partial charge is 0.480 e. The van der Waals surface area contributed by atoms with Crippen LogP contribution in [-0.4, -0.2) is 51.5 Å². The van der Waals surface area contributed by atoms with E-state index in [2.05, 4.69) is 0 Å². The van der Waals surface area contributed by atoms with Crippen molar-refractivity contribution in [2.75, 3.05) is 6.54 Å². The molecule has 1 saturated heterocycles. The molecule has 0 aromatic heterocycles. The number of nitrogens with zero attached hydrogens (tertiary/aromatic N) is 2. The molecule has 2 amide bonds. The van der Waals surface area contributed by atoms with Crippen molar-refractivity contribution >= 4 is 18.2 Å². The predicted octanol–water partition coefficient (Wildman–Crippen LogP) is 3.02. The molecule has 0 radical (unpaired) electrons. The standard InChI is InChI=1S/C18H24N2O6/c1-18(2,3)26-17(24)20-14(15(21)22)10-7-11-19(20)16(23)25-12-13-8-5-4-6-9-13/h4-6,8-9,14H,7,10-12H2,1-3H3,(H,21,22)/t14-/m0/s1. The minimum absolute atomic E-state index is 0.0239. The van der Waals surface area contributed by atoms with Crippen LogP contribution < -0.4 is 0 Å². The van der Waals surface area contributed by atoms with E-state index >= 15 is 0 Å². The lowest BCUT2D eigenvalue weighted by atomic mass is 10.1. The Bertz CT molecular complexity index is 655. The van der Waals surface area contributed by atoms with Gasteiger partial charge in [-0.1, -0.05) is 30.3 Å². The Kier molecular flexibility index (Phi) is 6.07. The third kappa shape index (κ3) is 5.11. The van der Waals surface area contributed by atoms with Crippen molar-refractivity contribution in [1.82, 2.24) is 10.0 Å².